The van der Waals surface area contributed by atoms with Gasteiger partial charge in [0.25, 0.3) is 0 Å². The molecule has 0 saturated carbocycles. The number of anilines is 2. The van der Waals surface area contributed by atoms with E-state index in [9.17, 15) is 8.42 Å². The summed E-state index contributed by atoms with van der Waals surface area (Å²) < 4.78 is 26.8. The Bertz CT molecular complexity index is 704. The zero-order valence-electron chi connectivity index (χ0n) is 12.5. The summed E-state index contributed by atoms with van der Waals surface area (Å²) in [7, 11) is -0.471. The Kier molecular flexibility index (Phi) is 4.29. The van der Waals surface area contributed by atoms with Crippen LogP contribution in [0.25, 0.3) is 0 Å². The Balaban J connectivity index is 2.16. The van der Waals surface area contributed by atoms with Crippen LogP contribution in [0.4, 0.5) is 11.5 Å². The molecule has 2 aromatic heterocycles. The zero-order valence-corrected chi connectivity index (χ0v) is 13.3. The molecule has 0 amide bonds. The molecule has 0 aliphatic carbocycles. The molecule has 0 aliphatic heterocycles. The van der Waals surface area contributed by atoms with Crippen molar-refractivity contribution in [1.29, 1.82) is 0 Å². The SMILES string of the molecule is CC(C)n1cc(Nc2ccc(S(=O)(=O)N(C)C)cn2)cn1. The molecule has 114 valence electrons. The minimum absolute atomic E-state index is 0.163. The fourth-order valence-electron chi connectivity index (χ4n) is 1.65. The lowest BCUT2D eigenvalue weighted by Gasteiger charge is -2.11. The van der Waals surface area contributed by atoms with Gasteiger partial charge < -0.3 is 5.32 Å². The first-order chi connectivity index (χ1) is 9.80. The second-order valence-corrected chi connectivity index (χ2v) is 7.25. The number of nitrogens with zero attached hydrogens (tertiary/aromatic N) is 4. The number of sulfonamides is 1. The predicted molar refractivity (Wildman–Crippen MR) is 81.0 cm³/mol. The van der Waals surface area contributed by atoms with Crippen molar-refractivity contribution in [2.75, 3.05) is 19.4 Å². The van der Waals surface area contributed by atoms with Gasteiger partial charge in [-0.05, 0) is 26.0 Å². The fourth-order valence-corrected chi connectivity index (χ4v) is 2.50. The van der Waals surface area contributed by atoms with Crippen LogP contribution in [0, 0.1) is 0 Å². The summed E-state index contributed by atoms with van der Waals surface area (Å²) in [5.74, 6) is 0.566. The van der Waals surface area contributed by atoms with Crippen molar-refractivity contribution in [3.05, 3.63) is 30.7 Å². The fraction of sp³-hybridized carbons (Fsp3) is 0.385. The van der Waals surface area contributed by atoms with Gasteiger partial charge in [-0.1, -0.05) is 0 Å². The predicted octanol–water partition coefficient (Wildman–Crippen LogP) is 1.85. The number of hydrogen-bond donors (Lipinski definition) is 1. The Morgan fingerprint density at radius 1 is 1.24 bits per heavy atom. The summed E-state index contributed by atoms with van der Waals surface area (Å²) in [5, 5.41) is 7.30. The van der Waals surface area contributed by atoms with Gasteiger partial charge in [0.1, 0.15) is 10.7 Å². The zero-order chi connectivity index (χ0) is 15.6. The van der Waals surface area contributed by atoms with Crippen LogP contribution in [-0.2, 0) is 10.0 Å². The molecule has 0 bridgehead atoms. The smallest absolute Gasteiger partial charge is 0.244 e. The van der Waals surface area contributed by atoms with Crippen LogP contribution in [-0.4, -0.2) is 41.6 Å². The monoisotopic (exact) mass is 309 g/mol. The normalized spacial score (nSPS) is 12.1. The quantitative estimate of drug-likeness (QED) is 0.911. The highest BCUT2D eigenvalue weighted by atomic mass is 32.2. The van der Waals surface area contributed by atoms with E-state index in [1.165, 1.54) is 26.4 Å². The van der Waals surface area contributed by atoms with Gasteiger partial charge in [-0.25, -0.2) is 17.7 Å². The summed E-state index contributed by atoms with van der Waals surface area (Å²) in [6, 6.07) is 3.43. The summed E-state index contributed by atoms with van der Waals surface area (Å²) in [5.41, 5.74) is 0.805. The molecule has 21 heavy (non-hydrogen) atoms. The minimum atomic E-state index is -3.45. The molecule has 0 aliphatic rings. The van der Waals surface area contributed by atoms with Crippen LogP contribution >= 0.6 is 0 Å². The molecule has 2 heterocycles. The molecule has 1 N–H and O–H groups in total. The van der Waals surface area contributed by atoms with E-state index in [2.05, 4.69) is 15.4 Å². The lowest BCUT2D eigenvalue weighted by molar-refractivity contribution is 0.520. The first-order valence-corrected chi connectivity index (χ1v) is 7.94. The van der Waals surface area contributed by atoms with Crippen molar-refractivity contribution in [2.45, 2.75) is 24.8 Å². The lowest BCUT2D eigenvalue weighted by atomic mass is 10.4. The maximum absolute atomic E-state index is 11.9. The highest BCUT2D eigenvalue weighted by molar-refractivity contribution is 7.89. The van der Waals surface area contributed by atoms with Gasteiger partial charge in [0.2, 0.25) is 10.0 Å². The largest absolute Gasteiger partial charge is 0.338 e. The summed E-state index contributed by atoms with van der Waals surface area (Å²) in [4.78, 5) is 4.29. The highest BCUT2D eigenvalue weighted by Crippen LogP contribution is 2.18. The third-order valence-corrected chi connectivity index (χ3v) is 4.72. The van der Waals surface area contributed by atoms with Gasteiger partial charge in [0.05, 0.1) is 11.9 Å². The van der Waals surface area contributed by atoms with Crippen molar-refractivity contribution in [1.82, 2.24) is 19.1 Å². The number of rotatable bonds is 5. The van der Waals surface area contributed by atoms with Crippen LogP contribution in [0.15, 0.2) is 35.6 Å². The molecule has 0 unspecified atom stereocenters. The average molecular weight is 309 g/mol. The van der Waals surface area contributed by atoms with Crippen molar-refractivity contribution in [2.24, 2.45) is 0 Å². The van der Waals surface area contributed by atoms with Crippen LogP contribution in [0.5, 0.6) is 0 Å². The Morgan fingerprint density at radius 3 is 2.43 bits per heavy atom. The summed E-state index contributed by atoms with van der Waals surface area (Å²) in [6.07, 6.45) is 4.91. The van der Waals surface area contributed by atoms with Crippen molar-refractivity contribution in [3.63, 3.8) is 0 Å². The highest BCUT2D eigenvalue weighted by Gasteiger charge is 2.17. The maximum Gasteiger partial charge on any atom is 0.244 e. The molecule has 8 heteroatoms. The number of hydrogen-bond acceptors (Lipinski definition) is 5. The average Bonchev–Trinajstić information content (AvgIpc) is 2.88. The van der Waals surface area contributed by atoms with Gasteiger partial charge in [-0.2, -0.15) is 5.10 Å². The topological polar surface area (TPSA) is 80.1 Å². The van der Waals surface area contributed by atoms with E-state index in [1.54, 1.807) is 12.3 Å². The van der Waals surface area contributed by atoms with E-state index in [0.717, 1.165) is 9.99 Å². The molecule has 7 nitrogen and oxygen atoms in total. The molecule has 0 atom stereocenters. The first-order valence-electron chi connectivity index (χ1n) is 6.50. The molecule has 2 rings (SSSR count). The second-order valence-electron chi connectivity index (χ2n) is 5.09. The van der Waals surface area contributed by atoms with E-state index in [0.29, 0.717) is 5.82 Å². The molecule has 0 radical (unpaired) electrons. The number of pyridine rings is 1. The molecule has 0 fully saturated rings. The molecule has 2 aromatic rings. The third kappa shape index (κ3) is 3.40. The van der Waals surface area contributed by atoms with E-state index >= 15 is 0 Å². The second kappa shape index (κ2) is 5.82. The number of aromatic nitrogens is 3. The summed E-state index contributed by atoms with van der Waals surface area (Å²) >= 11 is 0. The van der Waals surface area contributed by atoms with E-state index in [1.807, 2.05) is 24.7 Å². The van der Waals surface area contributed by atoms with Crippen molar-refractivity contribution >= 4 is 21.5 Å². The van der Waals surface area contributed by atoms with Crippen molar-refractivity contribution < 1.29 is 8.42 Å². The Hall–Kier alpha value is -1.93. The standard InChI is InChI=1S/C13H19N5O2S/c1-10(2)18-9-11(7-15-18)16-13-6-5-12(8-14-13)21(19,20)17(3)4/h5-10H,1-4H3,(H,14,16). The Labute approximate surface area is 124 Å². The van der Waals surface area contributed by atoms with Crippen LogP contribution in [0.1, 0.15) is 19.9 Å². The van der Waals surface area contributed by atoms with E-state index in [4.69, 9.17) is 0 Å². The molecular formula is C13H19N5O2S. The van der Waals surface area contributed by atoms with E-state index in [-0.39, 0.29) is 10.9 Å². The van der Waals surface area contributed by atoms with E-state index < -0.39 is 10.0 Å². The first kappa shape index (κ1) is 15.5. The van der Waals surface area contributed by atoms with Gasteiger partial charge in [0.15, 0.2) is 0 Å². The minimum Gasteiger partial charge on any atom is -0.338 e. The maximum atomic E-state index is 11.9. The molecule has 0 saturated heterocycles. The van der Waals surface area contributed by atoms with Gasteiger partial charge >= 0.3 is 0 Å². The lowest BCUT2D eigenvalue weighted by Crippen LogP contribution is -2.22. The Morgan fingerprint density at radius 2 is 1.95 bits per heavy atom. The molecule has 0 spiro atoms. The van der Waals surface area contributed by atoms with Crippen LogP contribution in [0.2, 0.25) is 0 Å². The van der Waals surface area contributed by atoms with Gasteiger partial charge in [-0.3, -0.25) is 4.68 Å². The van der Waals surface area contributed by atoms with Crippen molar-refractivity contribution in [3.8, 4) is 0 Å². The number of nitrogens with one attached hydrogen (secondary N) is 1. The molecule has 0 aromatic carbocycles. The van der Waals surface area contributed by atoms with Gasteiger partial charge in [-0.15, -0.1) is 0 Å². The van der Waals surface area contributed by atoms with Gasteiger partial charge in [0, 0.05) is 32.5 Å². The van der Waals surface area contributed by atoms with Crippen LogP contribution < -0.4 is 5.32 Å². The van der Waals surface area contributed by atoms with Crippen LogP contribution in [0.3, 0.4) is 0 Å². The summed E-state index contributed by atoms with van der Waals surface area (Å²) in [6.45, 7) is 4.08. The third-order valence-electron chi connectivity index (χ3n) is 2.92. The molecular weight excluding hydrogens is 290 g/mol.